The molecule has 3 aromatic heterocycles. The van der Waals surface area contributed by atoms with Crippen molar-refractivity contribution in [3.8, 4) is 50.2 Å². The van der Waals surface area contributed by atoms with Crippen molar-refractivity contribution in [2.24, 2.45) is 0 Å². The van der Waals surface area contributed by atoms with Gasteiger partial charge in [0.05, 0.1) is 22.1 Å². The first kappa shape index (κ1) is 41.3. The van der Waals surface area contributed by atoms with E-state index in [9.17, 15) is 0 Å². The Morgan fingerprint density at radius 2 is 0.736 bits per heavy atom. The van der Waals surface area contributed by atoms with Crippen LogP contribution in [0.3, 0.4) is 0 Å². The number of hydrogen-bond donors (Lipinski definition) is 0. The van der Waals surface area contributed by atoms with Gasteiger partial charge in [0.15, 0.2) is 0 Å². The van der Waals surface area contributed by atoms with Gasteiger partial charge >= 0.3 is 0 Å². The van der Waals surface area contributed by atoms with Crippen molar-refractivity contribution in [3.05, 3.63) is 267 Å². The fourth-order valence-corrected chi connectivity index (χ4v) is 11.1. The van der Waals surface area contributed by atoms with Gasteiger partial charge in [0.2, 0.25) is 0 Å². The van der Waals surface area contributed by atoms with Gasteiger partial charge in [-0.05, 0) is 163 Å². The zero-order chi connectivity index (χ0) is 47.5. The monoisotopic (exact) mass is 916 g/mol. The SMILES string of the molecule is c1ccc(N(c2ccc(-n3c4ccccc4c4ccccc43)cc2)c2ccc3c(-c4cccc(-c5ccc6cccnc6c5)c4)c4ccccc4c(-c4cccc(-c5ccc6cccnc6c5)c4)c3c2)cc1. The Bertz CT molecular complexity index is 4350. The number of benzene rings is 11. The lowest BCUT2D eigenvalue weighted by molar-refractivity contribution is 1.17. The highest BCUT2D eigenvalue weighted by molar-refractivity contribution is 6.22. The summed E-state index contributed by atoms with van der Waals surface area (Å²) >= 11 is 0. The Morgan fingerprint density at radius 3 is 1.32 bits per heavy atom. The number of aromatic nitrogens is 3. The molecule has 0 aliphatic carbocycles. The van der Waals surface area contributed by atoms with E-state index in [2.05, 4.69) is 252 Å². The molecule has 0 radical (unpaired) electrons. The predicted octanol–water partition coefficient (Wildman–Crippen LogP) is 18.3. The minimum absolute atomic E-state index is 0.983. The molecular formula is C68H44N4. The molecule has 11 aromatic carbocycles. The van der Waals surface area contributed by atoms with E-state index in [4.69, 9.17) is 9.97 Å². The topological polar surface area (TPSA) is 34.0 Å². The molecule has 0 aliphatic heterocycles. The van der Waals surface area contributed by atoms with E-state index in [1.165, 1.54) is 54.5 Å². The average molecular weight is 917 g/mol. The minimum atomic E-state index is 0.983. The average Bonchev–Trinajstić information content (AvgIpc) is 3.79. The van der Waals surface area contributed by atoms with E-state index >= 15 is 0 Å². The van der Waals surface area contributed by atoms with Crippen LogP contribution < -0.4 is 4.90 Å². The number of nitrogens with zero attached hydrogens (tertiary/aromatic N) is 4. The molecule has 0 saturated heterocycles. The summed E-state index contributed by atoms with van der Waals surface area (Å²) in [7, 11) is 0. The summed E-state index contributed by atoms with van der Waals surface area (Å²) < 4.78 is 2.38. The summed E-state index contributed by atoms with van der Waals surface area (Å²) in [5.74, 6) is 0. The van der Waals surface area contributed by atoms with E-state index < -0.39 is 0 Å². The van der Waals surface area contributed by atoms with Crippen LogP contribution in [-0.2, 0) is 0 Å². The molecule has 0 amide bonds. The Morgan fingerprint density at radius 1 is 0.278 bits per heavy atom. The lowest BCUT2D eigenvalue weighted by Gasteiger charge is -2.27. The van der Waals surface area contributed by atoms with Gasteiger partial charge in [-0.15, -0.1) is 0 Å². The summed E-state index contributed by atoms with van der Waals surface area (Å²) in [6.45, 7) is 0. The number of hydrogen-bond acceptors (Lipinski definition) is 3. The lowest BCUT2D eigenvalue weighted by Crippen LogP contribution is -2.10. The maximum absolute atomic E-state index is 4.72. The molecule has 14 aromatic rings. The maximum Gasteiger partial charge on any atom is 0.0708 e. The zero-order valence-electron chi connectivity index (χ0n) is 39.2. The Balaban J connectivity index is 0.986. The van der Waals surface area contributed by atoms with Crippen LogP contribution in [0.1, 0.15) is 0 Å². The van der Waals surface area contributed by atoms with Crippen LogP contribution in [0.2, 0.25) is 0 Å². The molecule has 3 heterocycles. The highest BCUT2D eigenvalue weighted by Gasteiger charge is 2.21. The number of pyridine rings is 2. The molecule has 72 heavy (non-hydrogen) atoms. The van der Waals surface area contributed by atoms with Gasteiger partial charge in [-0.3, -0.25) is 9.97 Å². The molecule has 0 fully saturated rings. The third kappa shape index (κ3) is 7.00. The van der Waals surface area contributed by atoms with Gasteiger partial charge in [-0.25, -0.2) is 0 Å². The van der Waals surface area contributed by atoms with E-state index in [1.807, 2.05) is 24.5 Å². The second-order valence-electron chi connectivity index (χ2n) is 18.6. The van der Waals surface area contributed by atoms with Crippen LogP contribution in [0.5, 0.6) is 0 Å². The molecule has 4 nitrogen and oxygen atoms in total. The molecule has 0 aliphatic rings. The molecule has 0 N–H and O–H groups in total. The first-order valence-corrected chi connectivity index (χ1v) is 24.5. The summed E-state index contributed by atoms with van der Waals surface area (Å²) in [6, 6.07) is 92.6. The Labute approximate surface area is 417 Å². The normalized spacial score (nSPS) is 11.6. The summed E-state index contributed by atoms with van der Waals surface area (Å²) in [5, 5.41) is 9.50. The van der Waals surface area contributed by atoms with Crippen LogP contribution in [0.25, 0.3) is 115 Å². The molecular weight excluding hydrogens is 873 g/mol. The smallest absolute Gasteiger partial charge is 0.0708 e. The van der Waals surface area contributed by atoms with Crippen LogP contribution >= 0.6 is 0 Å². The number of rotatable bonds is 8. The van der Waals surface area contributed by atoms with Crippen LogP contribution in [-0.4, -0.2) is 14.5 Å². The lowest BCUT2D eigenvalue weighted by atomic mass is 9.84. The van der Waals surface area contributed by atoms with Crippen molar-refractivity contribution in [1.29, 1.82) is 0 Å². The largest absolute Gasteiger partial charge is 0.310 e. The standard InChI is InChI=1S/C68H44N4/c1-2-20-53(21-3-1)71(54-32-34-55(35-33-54)72-65-26-8-6-22-57(65)58-23-7-9-27-66(58)72)56-36-37-61-62(44-56)68(52-17-11-15-48(41-52)50-31-29-46-19-13-39-70-64(46)43-50)60-25-5-4-24-59(60)67(61)51-16-10-14-47(40-51)49-30-28-45-18-12-38-69-63(45)42-49/h1-44H. The van der Waals surface area contributed by atoms with Crippen molar-refractivity contribution in [3.63, 3.8) is 0 Å². The highest BCUT2D eigenvalue weighted by atomic mass is 15.1. The molecule has 0 saturated carbocycles. The number of para-hydroxylation sites is 3. The molecule has 14 rings (SSSR count). The van der Waals surface area contributed by atoms with Gasteiger partial charge in [0.1, 0.15) is 0 Å². The van der Waals surface area contributed by atoms with Crippen molar-refractivity contribution in [2.75, 3.05) is 4.90 Å². The second-order valence-corrected chi connectivity index (χ2v) is 18.6. The third-order valence-electron chi connectivity index (χ3n) is 14.4. The van der Waals surface area contributed by atoms with Crippen molar-refractivity contribution < 1.29 is 0 Å². The van der Waals surface area contributed by atoms with Crippen LogP contribution in [0.15, 0.2) is 267 Å². The number of fused-ring (bicyclic) bond motifs is 7. The third-order valence-corrected chi connectivity index (χ3v) is 14.4. The molecule has 0 bridgehead atoms. The van der Waals surface area contributed by atoms with E-state index in [1.54, 1.807) is 0 Å². The quantitative estimate of drug-likeness (QED) is 0.142. The zero-order valence-corrected chi connectivity index (χ0v) is 39.2. The van der Waals surface area contributed by atoms with E-state index in [0.29, 0.717) is 0 Å². The van der Waals surface area contributed by atoms with Gasteiger partial charge in [0, 0.05) is 56.7 Å². The summed E-state index contributed by atoms with van der Waals surface area (Å²) in [5.41, 5.74) is 17.9. The van der Waals surface area contributed by atoms with Crippen molar-refractivity contribution >= 4 is 82.2 Å². The molecule has 0 spiro atoms. The predicted molar refractivity (Wildman–Crippen MR) is 303 cm³/mol. The minimum Gasteiger partial charge on any atom is -0.310 e. The summed E-state index contributed by atoms with van der Waals surface area (Å²) in [6.07, 6.45) is 3.74. The van der Waals surface area contributed by atoms with E-state index in [-0.39, 0.29) is 0 Å². The molecule has 336 valence electrons. The molecule has 4 heteroatoms. The Hall–Kier alpha value is -9.64. The highest BCUT2D eigenvalue weighted by Crippen LogP contribution is 2.48. The number of anilines is 3. The summed E-state index contributed by atoms with van der Waals surface area (Å²) in [4.78, 5) is 11.8. The van der Waals surface area contributed by atoms with Crippen molar-refractivity contribution in [1.82, 2.24) is 14.5 Å². The van der Waals surface area contributed by atoms with Gasteiger partial charge in [0.25, 0.3) is 0 Å². The second kappa shape index (κ2) is 17.1. The van der Waals surface area contributed by atoms with Gasteiger partial charge in [-0.1, -0.05) is 158 Å². The van der Waals surface area contributed by atoms with Crippen LogP contribution in [0.4, 0.5) is 17.1 Å². The molecule has 0 atom stereocenters. The first-order chi connectivity index (χ1) is 35.7. The first-order valence-electron chi connectivity index (χ1n) is 24.5. The van der Waals surface area contributed by atoms with Crippen LogP contribution in [0, 0.1) is 0 Å². The molecule has 0 unspecified atom stereocenters. The maximum atomic E-state index is 4.72. The Kier molecular flexibility index (Phi) is 9.82. The van der Waals surface area contributed by atoms with Gasteiger partial charge < -0.3 is 9.47 Å². The van der Waals surface area contributed by atoms with Crippen molar-refractivity contribution in [2.45, 2.75) is 0 Å². The van der Waals surface area contributed by atoms with E-state index in [0.717, 1.165) is 77.9 Å². The van der Waals surface area contributed by atoms with Gasteiger partial charge in [-0.2, -0.15) is 0 Å². The fourth-order valence-electron chi connectivity index (χ4n) is 11.1. The fraction of sp³-hybridized carbons (Fsp3) is 0.